The number of Topliss-reactive ketones (excluding diaryl/α,β-unsaturated/α-hetero) is 2. The molecule has 0 fully saturated rings. The van der Waals surface area contributed by atoms with Crippen LogP contribution in [0.3, 0.4) is 0 Å². The summed E-state index contributed by atoms with van der Waals surface area (Å²) in [4.78, 5) is 123. The number of nitrogens with zero attached hydrogens (tertiary/aromatic N) is 4. The summed E-state index contributed by atoms with van der Waals surface area (Å²) >= 11 is 35.4. The third-order valence-electron chi connectivity index (χ3n) is 15.2. The molecule has 0 aliphatic rings. The van der Waals surface area contributed by atoms with E-state index in [2.05, 4.69) is 73.3 Å². The summed E-state index contributed by atoms with van der Waals surface area (Å²) in [7, 11) is 2.52. The maximum Gasteiger partial charge on any atom is 1.00 e. The van der Waals surface area contributed by atoms with Gasteiger partial charge in [-0.05, 0) is 178 Å². The molecule has 4 rings (SSSR count). The van der Waals surface area contributed by atoms with Gasteiger partial charge in [-0.2, -0.15) is 0 Å². The van der Waals surface area contributed by atoms with Crippen LogP contribution in [0.5, 0.6) is 11.5 Å². The molecule has 4 aromatic rings. The van der Waals surface area contributed by atoms with Crippen LogP contribution in [-0.2, 0) is 57.4 Å². The first-order chi connectivity index (χ1) is 49.8. The van der Waals surface area contributed by atoms with Gasteiger partial charge >= 0.3 is 127 Å². The monoisotopic (exact) mass is 1820 g/mol. The Morgan fingerprint density at radius 1 is 0.542 bits per heavy atom. The number of aromatic hydroxyl groups is 1. The van der Waals surface area contributed by atoms with E-state index in [0.29, 0.717) is 83.9 Å². The number of phenolic OH excluding ortho intramolecular Hbond substituents is 1. The van der Waals surface area contributed by atoms with E-state index in [1.165, 1.54) is 105 Å². The number of carbonyl (C=O) groups is 9. The van der Waals surface area contributed by atoms with Gasteiger partial charge in [-0.25, -0.2) is 19.6 Å². The normalized spacial score (nSPS) is 11.2. The number of anilines is 2. The molecule has 590 valence electrons. The summed E-state index contributed by atoms with van der Waals surface area (Å²) in [5, 5.41) is 27.5. The van der Waals surface area contributed by atoms with Gasteiger partial charge in [0.25, 0.3) is 6.47 Å². The summed E-state index contributed by atoms with van der Waals surface area (Å²) < 4.78 is 26.6. The van der Waals surface area contributed by atoms with Crippen LogP contribution in [0.1, 0.15) is 218 Å². The minimum absolute atomic E-state index is 0. The van der Waals surface area contributed by atoms with Crippen molar-refractivity contribution in [1.82, 2.24) is 20.6 Å². The maximum absolute atomic E-state index is 13.0. The minimum atomic E-state index is -0.678. The Hall–Kier alpha value is -2.60. The fraction of sp³-hybridized carbons (Fsp3) is 0.587. The summed E-state index contributed by atoms with van der Waals surface area (Å²) in [5.41, 5.74) is 1.62. The minimum Gasteiger partial charge on any atom is -1.00 e. The van der Waals surface area contributed by atoms with Gasteiger partial charge in [0.05, 0.1) is 66.8 Å². The summed E-state index contributed by atoms with van der Waals surface area (Å²) in [6.45, 7) is 15.0. The third-order valence-corrected chi connectivity index (χ3v) is 18.0. The second-order valence-electron chi connectivity index (χ2n) is 26.6. The molecule has 0 radical (unpaired) electrons. The van der Waals surface area contributed by atoms with Crippen molar-refractivity contribution >= 4 is 160 Å². The number of halogens is 7. The Morgan fingerprint density at radius 2 is 0.879 bits per heavy atom. The molecular formula is C75H107Br3Cl4K2N6O17. The SMILES string of the molecule is BrCCCCCCCCBr.COC(=O)CC(CC(=O)CNC(=O)CCCCN(C(=O)OC(C)(C)C)c1cc(C)ccn1)c1cc(Cl)c(O)c(Cl)c1.COC(=O)CC(CC(=O)CNC(=O)CCCCN(C(=O)OC(C)(C)C)c1cc(C)ccn1)c1cc(Cl)c(OCCCCCCCCBr)c(Cl)c1.O=CO[O-].[H-].[K+].[K+]. The van der Waals surface area contributed by atoms with E-state index in [-0.39, 0.29) is 201 Å². The molecule has 0 aliphatic heterocycles. The van der Waals surface area contributed by atoms with Crippen molar-refractivity contribution < 1.29 is 186 Å². The van der Waals surface area contributed by atoms with Crippen molar-refractivity contribution in [1.29, 1.82) is 0 Å². The predicted octanol–water partition coefficient (Wildman–Crippen LogP) is 11.6. The van der Waals surface area contributed by atoms with Crippen LogP contribution in [0.2, 0.25) is 20.1 Å². The number of amides is 4. The van der Waals surface area contributed by atoms with Gasteiger partial charge in [-0.3, -0.25) is 43.4 Å². The van der Waals surface area contributed by atoms with Crippen LogP contribution in [0.25, 0.3) is 0 Å². The number of aromatic nitrogens is 2. The predicted molar refractivity (Wildman–Crippen MR) is 422 cm³/mol. The number of phenols is 1. The van der Waals surface area contributed by atoms with Crippen LogP contribution in [0.4, 0.5) is 21.2 Å². The number of aryl methyl sites for hydroxylation is 2. The number of esters is 2. The number of pyridine rings is 2. The molecule has 32 heteroatoms. The first-order valence-corrected chi connectivity index (χ1v) is 39.9. The zero-order valence-electron chi connectivity index (χ0n) is 65.1. The Balaban J connectivity index is -0.00000171. The number of unbranched alkanes of at least 4 members (excludes halogenated alkanes) is 12. The van der Waals surface area contributed by atoms with E-state index >= 15 is 0 Å². The number of hydrogen-bond acceptors (Lipinski definition) is 19. The summed E-state index contributed by atoms with van der Waals surface area (Å²) in [6, 6.07) is 13.5. The van der Waals surface area contributed by atoms with Crippen molar-refractivity contribution in [3.05, 3.63) is 103 Å². The maximum atomic E-state index is 13.0. The van der Waals surface area contributed by atoms with Gasteiger partial charge in [0.2, 0.25) is 11.8 Å². The van der Waals surface area contributed by atoms with Gasteiger partial charge in [0.1, 0.15) is 22.8 Å². The van der Waals surface area contributed by atoms with Gasteiger partial charge in [-0.15, -0.1) is 0 Å². The van der Waals surface area contributed by atoms with Crippen molar-refractivity contribution in [3.8, 4) is 11.5 Å². The molecule has 23 nitrogen and oxygen atoms in total. The molecule has 0 saturated carbocycles. The number of ether oxygens (including phenoxy) is 5. The molecule has 0 spiro atoms. The molecule has 3 N–H and O–H groups in total. The Morgan fingerprint density at radius 3 is 1.20 bits per heavy atom. The zero-order chi connectivity index (χ0) is 78.9. The van der Waals surface area contributed by atoms with Crippen molar-refractivity contribution in [3.63, 3.8) is 0 Å². The molecule has 107 heavy (non-hydrogen) atoms. The molecular weight excluding hydrogens is 1720 g/mol. The van der Waals surface area contributed by atoms with E-state index in [1.807, 2.05) is 26.0 Å². The van der Waals surface area contributed by atoms with E-state index < -0.39 is 47.2 Å². The van der Waals surface area contributed by atoms with Gasteiger partial charge in [0, 0.05) is 79.0 Å². The number of nitrogens with one attached hydrogen (secondary N) is 2. The number of alkyl halides is 3. The van der Waals surface area contributed by atoms with E-state index in [9.17, 15) is 43.5 Å². The second kappa shape index (κ2) is 61.9. The number of benzene rings is 2. The quantitative estimate of drug-likeness (QED) is 0.00542. The fourth-order valence-corrected chi connectivity index (χ4v) is 12.2. The van der Waals surface area contributed by atoms with Gasteiger partial charge in [0.15, 0.2) is 23.1 Å². The van der Waals surface area contributed by atoms with E-state index in [0.717, 1.165) is 35.7 Å². The number of carbonyl (C=O) groups excluding carboxylic acids is 9. The number of rotatable bonds is 43. The average Bonchev–Trinajstić information content (AvgIpc) is 0.833. The number of methoxy groups -OCH3 is 2. The topological polar surface area (TPSA) is 309 Å². The Labute approximate surface area is 764 Å². The standard InChI is InChI=1S/C37H52BrCl2N3O7.C29H37Cl2N3O7.C8H16Br2.CH2O3.2K.H/c1-26-15-17-41-32(20-26)43(36(47)50-37(2,3)4)18-12-10-14-33(45)42-25-29(44)21-27(24-34(46)48-5)28-22-30(39)35(31(40)23-28)49-19-13-9-7-6-8-11-16-38;1-18-9-10-32-24(12-18)34(28(39)41-29(2,3)4)11-7-6-8-25(36)33-17-21(35)13-19(16-26(37)40-5)20-14-22(30)27(38)23(31)15-20;9-7-5-3-1-2-4-6-8-10;2-1-4-3;;;/h15,17,20,22-23,27H,6-14,16,18-19,21,24-25H2,1-5H3,(H,42,45);9-10,12,14-15,19,38H,6-8,11,13,16-17H2,1-5H3,(H,33,36);1-8H2;1,3H;;;/q;;;;2*+1;-1/p-1. The zero-order valence-corrected chi connectivity index (χ0v) is 78.2. The summed E-state index contributed by atoms with van der Waals surface area (Å²) in [6.07, 6.45) is 19.1. The smallest absolute Gasteiger partial charge is 1.00 e. The van der Waals surface area contributed by atoms with E-state index in [1.54, 1.807) is 78.2 Å². The van der Waals surface area contributed by atoms with Crippen molar-refractivity contribution in [2.45, 2.75) is 220 Å². The van der Waals surface area contributed by atoms with Crippen LogP contribution >= 0.6 is 94.2 Å². The molecule has 4 amide bonds. The van der Waals surface area contributed by atoms with Crippen molar-refractivity contribution in [2.24, 2.45) is 0 Å². The number of hydrogen-bond donors (Lipinski definition) is 3. The van der Waals surface area contributed by atoms with E-state index in [4.69, 9.17) is 80.1 Å². The second-order valence-corrected chi connectivity index (χ2v) is 30.6. The van der Waals surface area contributed by atoms with Crippen LogP contribution in [-0.4, -0.2) is 143 Å². The van der Waals surface area contributed by atoms with Gasteiger partial charge in [-0.1, -0.05) is 146 Å². The largest absolute Gasteiger partial charge is 1.00 e. The molecule has 2 heterocycles. The summed E-state index contributed by atoms with van der Waals surface area (Å²) in [5.74, 6) is -2.39. The average molecular weight is 1820 g/mol. The molecule has 0 aliphatic carbocycles. The number of ketones is 2. The van der Waals surface area contributed by atoms with Gasteiger partial charge < -0.3 is 51.0 Å². The first-order valence-electron chi connectivity index (χ1n) is 35.0. The molecule has 2 unspecified atom stereocenters. The van der Waals surface area contributed by atoms with Crippen LogP contribution in [0, 0.1) is 13.8 Å². The van der Waals surface area contributed by atoms with Crippen LogP contribution < -0.4 is 133 Å². The molecule has 2 aromatic carbocycles. The Bertz CT molecular complexity index is 3260. The first kappa shape index (κ1) is 106. The third kappa shape index (κ3) is 50.3. The molecule has 0 bridgehead atoms. The molecule has 2 atom stereocenters. The Kier molecular flexibility index (Phi) is 61.5. The van der Waals surface area contributed by atoms with Crippen molar-refractivity contribution in [2.75, 3.05) is 72.8 Å². The molecule has 0 saturated heterocycles. The molecule has 2 aromatic heterocycles. The van der Waals surface area contributed by atoms with Crippen LogP contribution in [0.15, 0.2) is 60.9 Å². The fourth-order valence-electron chi connectivity index (χ4n) is 9.88.